The quantitative estimate of drug-likeness (QED) is 0.423. The Morgan fingerprint density at radius 3 is 2.94 bits per heavy atom. The molecule has 3 N–H and O–H groups in total. The van der Waals surface area contributed by atoms with Crippen LogP contribution in [-0.4, -0.2) is 48.0 Å². The number of carbonyl (C=O) groups excluding carboxylic acids is 1. The highest BCUT2D eigenvalue weighted by Gasteiger charge is 2.40. The molecule has 0 saturated heterocycles. The Kier molecular flexibility index (Phi) is 4.24. The van der Waals surface area contributed by atoms with Crippen LogP contribution >= 0.6 is 0 Å². The molecule has 1 aliphatic heterocycles. The fourth-order valence-electron chi connectivity index (χ4n) is 4.05. The van der Waals surface area contributed by atoms with Crippen molar-refractivity contribution in [3.63, 3.8) is 0 Å². The van der Waals surface area contributed by atoms with E-state index in [4.69, 9.17) is 9.51 Å². The van der Waals surface area contributed by atoms with Crippen molar-refractivity contribution in [1.82, 2.24) is 40.4 Å². The second kappa shape index (κ2) is 7.07. The van der Waals surface area contributed by atoms with Crippen LogP contribution in [0.2, 0.25) is 0 Å². The maximum Gasteiger partial charge on any atom is 0.271 e. The highest BCUT2D eigenvalue weighted by atomic mass is 16.5. The fourth-order valence-corrected chi connectivity index (χ4v) is 4.05. The molecule has 11 heteroatoms. The van der Waals surface area contributed by atoms with Gasteiger partial charge in [-0.15, -0.1) is 0 Å². The van der Waals surface area contributed by atoms with Crippen molar-refractivity contribution in [2.24, 2.45) is 0 Å². The van der Waals surface area contributed by atoms with Crippen LogP contribution in [0, 0.1) is 0 Å². The monoisotopic (exact) mass is 445 g/mol. The van der Waals surface area contributed by atoms with Crippen LogP contribution in [0.5, 0.6) is 0 Å². The van der Waals surface area contributed by atoms with Gasteiger partial charge in [-0.3, -0.25) is 4.79 Å². The highest BCUT2D eigenvalue weighted by molar-refractivity contribution is 5.95. The summed E-state index contributed by atoms with van der Waals surface area (Å²) in [4.78, 5) is 33.8. The lowest BCUT2D eigenvalue weighted by atomic mass is 10.1. The zero-order valence-electron chi connectivity index (χ0n) is 18.5. The number of nitrogens with one attached hydrogen (secondary N) is 3. The maximum absolute atomic E-state index is 12.9. The number of hydrogen-bond acceptors (Lipinski definition) is 9. The highest BCUT2D eigenvalue weighted by Crippen LogP contribution is 2.46. The van der Waals surface area contributed by atoms with Crippen molar-refractivity contribution in [2.45, 2.75) is 44.7 Å². The first-order valence-corrected chi connectivity index (χ1v) is 10.9. The van der Waals surface area contributed by atoms with Gasteiger partial charge < -0.3 is 20.2 Å². The van der Waals surface area contributed by atoms with Crippen molar-refractivity contribution in [1.29, 1.82) is 0 Å². The lowest BCUT2D eigenvalue weighted by Crippen LogP contribution is -2.28. The predicted octanol–water partition coefficient (Wildman–Crippen LogP) is 2.72. The van der Waals surface area contributed by atoms with Gasteiger partial charge in [-0.1, -0.05) is 12.1 Å². The molecule has 0 aromatic carbocycles. The van der Waals surface area contributed by atoms with E-state index in [9.17, 15) is 4.79 Å². The van der Waals surface area contributed by atoms with Crippen molar-refractivity contribution < 1.29 is 9.32 Å². The summed E-state index contributed by atoms with van der Waals surface area (Å²) in [5.41, 5.74) is 7.50. The van der Waals surface area contributed by atoms with Gasteiger partial charge in [0.25, 0.3) is 5.91 Å². The molecule has 1 saturated carbocycles. The molecule has 1 fully saturated rings. The standard InChI is InChI=1S/C22H23N9O2/c1-11(25-21(32)17-12-9-31(3)29-18(12)24-10-23-17)15-8-14(30-33-15)20-26-13-4-5-16(22(2)6-7-22)27-19(13)28-20/h4-5,8,10-11H,6-7,9H2,1-3H3,(H,25,32)(H,23,24,29)(H,26,27,28). The van der Waals surface area contributed by atoms with Crippen LogP contribution in [0.3, 0.4) is 0 Å². The molecular formula is C22H23N9O2. The Hall–Kier alpha value is -3.86. The van der Waals surface area contributed by atoms with Crippen molar-refractivity contribution in [3.05, 3.63) is 47.2 Å². The molecule has 0 spiro atoms. The van der Waals surface area contributed by atoms with Crippen LogP contribution < -0.4 is 10.7 Å². The zero-order chi connectivity index (χ0) is 22.7. The van der Waals surface area contributed by atoms with Gasteiger partial charge in [-0.25, -0.2) is 24.9 Å². The molecule has 2 aliphatic rings. The molecule has 11 nitrogen and oxygen atoms in total. The van der Waals surface area contributed by atoms with Gasteiger partial charge in [0, 0.05) is 36.3 Å². The normalized spacial score (nSPS) is 17.5. The molecule has 168 valence electrons. The molecule has 4 aromatic rings. The number of fused-ring (bicyclic) bond motifs is 2. The van der Waals surface area contributed by atoms with Gasteiger partial charge in [0.1, 0.15) is 23.5 Å². The second-order valence-corrected chi connectivity index (χ2v) is 9.04. The van der Waals surface area contributed by atoms with E-state index in [2.05, 4.69) is 48.8 Å². The van der Waals surface area contributed by atoms with Crippen LogP contribution in [0.1, 0.15) is 60.2 Å². The summed E-state index contributed by atoms with van der Waals surface area (Å²) in [6.07, 6.45) is 3.69. The summed E-state index contributed by atoms with van der Waals surface area (Å²) in [6.45, 7) is 4.59. The molecule has 1 amide bonds. The van der Waals surface area contributed by atoms with E-state index in [0.717, 1.165) is 29.6 Å². The number of H-pyrrole nitrogens is 1. The minimum atomic E-state index is -0.416. The molecule has 6 rings (SSSR count). The van der Waals surface area contributed by atoms with Crippen LogP contribution in [0.25, 0.3) is 22.7 Å². The first kappa shape index (κ1) is 19.8. The molecule has 1 atom stereocenters. The lowest BCUT2D eigenvalue weighted by Gasteiger charge is -2.11. The summed E-state index contributed by atoms with van der Waals surface area (Å²) < 4.78 is 5.51. The molecular weight excluding hydrogens is 422 g/mol. The van der Waals surface area contributed by atoms with Gasteiger partial charge in [0.2, 0.25) is 0 Å². The third kappa shape index (κ3) is 3.41. The first-order chi connectivity index (χ1) is 15.9. The Morgan fingerprint density at radius 2 is 2.12 bits per heavy atom. The number of carbonyl (C=O) groups is 1. The summed E-state index contributed by atoms with van der Waals surface area (Å²) in [5.74, 6) is 1.43. The summed E-state index contributed by atoms with van der Waals surface area (Å²) >= 11 is 0. The average molecular weight is 445 g/mol. The van der Waals surface area contributed by atoms with Crippen LogP contribution in [0.4, 0.5) is 5.82 Å². The maximum atomic E-state index is 12.9. The average Bonchev–Trinajstić information content (AvgIpc) is 3.19. The third-order valence-electron chi connectivity index (χ3n) is 6.36. The second-order valence-electron chi connectivity index (χ2n) is 9.04. The Labute approximate surface area is 189 Å². The van der Waals surface area contributed by atoms with Crippen LogP contribution in [0.15, 0.2) is 29.0 Å². The van der Waals surface area contributed by atoms with Crippen molar-refractivity contribution in [2.75, 3.05) is 12.5 Å². The minimum Gasteiger partial charge on any atom is -0.358 e. The Bertz CT molecular complexity index is 1390. The number of amides is 1. The number of anilines is 1. The van der Waals surface area contributed by atoms with E-state index in [1.807, 2.05) is 25.0 Å². The molecule has 1 unspecified atom stereocenters. The molecule has 0 radical (unpaired) electrons. The molecule has 33 heavy (non-hydrogen) atoms. The van der Waals surface area contributed by atoms with Gasteiger partial charge in [0.05, 0.1) is 11.6 Å². The molecule has 4 aromatic heterocycles. The molecule has 5 heterocycles. The fraction of sp³-hybridized carbons (Fsp3) is 0.364. The minimum absolute atomic E-state index is 0.178. The number of nitrogens with zero attached hydrogens (tertiary/aromatic N) is 6. The number of pyridine rings is 1. The van der Waals surface area contributed by atoms with Gasteiger partial charge in [0.15, 0.2) is 17.2 Å². The number of imidazole rings is 1. The van der Waals surface area contributed by atoms with Gasteiger partial charge >= 0.3 is 0 Å². The zero-order valence-corrected chi connectivity index (χ0v) is 18.5. The SMILES string of the molecule is CC(NC(=O)c1ncnc2c1CN(C)N2)c1cc(-c2nc3nc(C4(C)CC4)ccc3[nH]2)no1. The summed E-state index contributed by atoms with van der Waals surface area (Å²) in [6, 6.07) is 5.42. The predicted molar refractivity (Wildman–Crippen MR) is 119 cm³/mol. The van der Waals surface area contributed by atoms with Crippen molar-refractivity contribution in [3.8, 4) is 11.5 Å². The Balaban J connectivity index is 1.21. The van der Waals surface area contributed by atoms with E-state index in [0.29, 0.717) is 41.0 Å². The molecule has 0 bridgehead atoms. The Morgan fingerprint density at radius 1 is 1.27 bits per heavy atom. The number of rotatable bonds is 5. The number of hydrazine groups is 1. The van der Waals surface area contributed by atoms with Crippen molar-refractivity contribution >= 4 is 22.9 Å². The van der Waals surface area contributed by atoms with Crippen LogP contribution in [-0.2, 0) is 12.0 Å². The van der Waals surface area contributed by atoms with E-state index < -0.39 is 6.04 Å². The van der Waals surface area contributed by atoms with E-state index >= 15 is 0 Å². The largest absolute Gasteiger partial charge is 0.358 e. The smallest absolute Gasteiger partial charge is 0.271 e. The first-order valence-electron chi connectivity index (χ1n) is 10.9. The lowest BCUT2D eigenvalue weighted by molar-refractivity contribution is 0.0927. The van der Waals surface area contributed by atoms with Gasteiger partial charge in [-0.05, 0) is 31.9 Å². The third-order valence-corrected chi connectivity index (χ3v) is 6.36. The number of aromatic nitrogens is 6. The number of hydrogen-bond donors (Lipinski definition) is 3. The number of aromatic amines is 1. The van der Waals surface area contributed by atoms with E-state index in [-0.39, 0.29) is 11.3 Å². The molecule has 1 aliphatic carbocycles. The van der Waals surface area contributed by atoms with Gasteiger partial charge in [-0.2, -0.15) is 0 Å². The van der Waals surface area contributed by atoms with E-state index in [1.54, 1.807) is 6.07 Å². The summed E-state index contributed by atoms with van der Waals surface area (Å²) in [5, 5.41) is 8.92. The topological polar surface area (TPSA) is 138 Å². The summed E-state index contributed by atoms with van der Waals surface area (Å²) in [7, 11) is 1.88. The van der Waals surface area contributed by atoms with E-state index in [1.165, 1.54) is 6.33 Å².